The van der Waals surface area contributed by atoms with E-state index >= 15 is 0 Å². The van der Waals surface area contributed by atoms with E-state index in [1.165, 1.54) is 6.21 Å². The van der Waals surface area contributed by atoms with Crippen LogP contribution in [0.25, 0.3) is 0 Å². The van der Waals surface area contributed by atoms with Crippen LogP contribution >= 0.6 is 0 Å². The summed E-state index contributed by atoms with van der Waals surface area (Å²) in [5.74, 6) is 0.783. The molecule has 0 spiro atoms. The molecule has 0 radical (unpaired) electrons. The van der Waals surface area contributed by atoms with Gasteiger partial charge in [-0.2, -0.15) is 5.10 Å². The molecule has 0 aliphatic heterocycles. The van der Waals surface area contributed by atoms with Gasteiger partial charge in [-0.15, -0.1) is 0 Å². The van der Waals surface area contributed by atoms with Gasteiger partial charge in [0.15, 0.2) is 11.5 Å². The molecule has 2 aromatic rings. The maximum atomic E-state index is 11.9. The smallest absolute Gasteiger partial charge is 0.249 e. The third-order valence-corrected chi connectivity index (χ3v) is 3.61. The molecule has 0 aliphatic rings. The van der Waals surface area contributed by atoms with Crippen molar-refractivity contribution in [3.05, 3.63) is 48.0 Å². The molecule has 0 heterocycles. The van der Waals surface area contributed by atoms with Crippen LogP contribution in [0.15, 0.2) is 47.6 Å². The van der Waals surface area contributed by atoms with Crippen LogP contribution in [0.3, 0.4) is 0 Å². The maximum absolute atomic E-state index is 11.9. The largest absolute Gasteiger partial charge is 0.497 e. The highest BCUT2D eigenvalue weighted by Crippen LogP contribution is 2.29. The van der Waals surface area contributed by atoms with Gasteiger partial charge in [0.2, 0.25) is 11.8 Å². The molecule has 0 aromatic heterocycles. The number of amides is 2. The van der Waals surface area contributed by atoms with Gasteiger partial charge in [0.25, 0.3) is 0 Å². The molecule has 8 heteroatoms. The summed E-state index contributed by atoms with van der Waals surface area (Å²) in [4.78, 5) is 23.8. The second-order valence-corrected chi connectivity index (χ2v) is 5.56. The zero-order valence-electron chi connectivity index (χ0n) is 16.0. The Balaban J connectivity index is 1.90. The standard InChI is InChI=1S/C20H23N3O5/c1-4-28-20-14(6-5-7-17(20)27-3)13-21-23-19(25)12-18(24)22-15-8-10-16(26-2)11-9-15/h5-11,13H,4,12H2,1-3H3,(H,22,24)(H,23,25). The van der Waals surface area contributed by atoms with Crippen molar-refractivity contribution in [2.75, 3.05) is 26.1 Å². The molecule has 0 saturated carbocycles. The fourth-order valence-corrected chi connectivity index (χ4v) is 2.33. The van der Waals surface area contributed by atoms with Gasteiger partial charge in [0.1, 0.15) is 12.2 Å². The van der Waals surface area contributed by atoms with E-state index in [9.17, 15) is 9.59 Å². The number of methoxy groups -OCH3 is 2. The average Bonchev–Trinajstić information content (AvgIpc) is 2.69. The minimum Gasteiger partial charge on any atom is -0.497 e. The fraction of sp³-hybridized carbons (Fsp3) is 0.250. The minimum absolute atomic E-state index is 0.361. The summed E-state index contributed by atoms with van der Waals surface area (Å²) in [7, 11) is 3.10. The van der Waals surface area contributed by atoms with E-state index in [1.54, 1.807) is 56.7 Å². The van der Waals surface area contributed by atoms with Crippen LogP contribution in [0.5, 0.6) is 17.2 Å². The maximum Gasteiger partial charge on any atom is 0.249 e. The monoisotopic (exact) mass is 385 g/mol. The SMILES string of the molecule is CCOc1c(C=NNC(=O)CC(=O)Nc2ccc(OC)cc2)cccc1OC. The number of para-hydroxylation sites is 1. The number of rotatable bonds is 9. The quantitative estimate of drug-likeness (QED) is 0.393. The third-order valence-electron chi connectivity index (χ3n) is 3.61. The fourth-order valence-electron chi connectivity index (χ4n) is 2.33. The van der Waals surface area contributed by atoms with Crippen molar-refractivity contribution in [1.29, 1.82) is 0 Å². The van der Waals surface area contributed by atoms with E-state index in [0.29, 0.717) is 35.1 Å². The molecular formula is C20H23N3O5. The van der Waals surface area contributed by atoms with Gasteiger partial charge in [0, 0.05) is 11.3 Å². The molecule has 0 atom stereocenters. The summed E-state index contributed by atoms with van der Waals surface area (Å²) < 4.78 is 15.9. The number of nitrogens with one attached hydrogen (secondary N) is 2. The van der Waals surface area contributed by atoms with E-state index in [-0.39, 0.29) is 6.42 Å². The summed E-state index contributed by atoms with van der Waals surface area (Å²) in [6, 6.07) is 12.1. The molecule has 0 saturated heterocycles. The van der Waals surface area contributed by atoms with Crippen molar-refractivity contribution >= 4 is 23.7 Å². The lowest BCUT2D eigenvalue weighted by Crippen LogP contribution is -2.24. The van der Waals surface area contributed by atoms with E-state index < -0.39 is 11.8 Å². The summed E-state index contributed by atoms with van der Waals surface area (Å²) >= 11 is 0. The van der Waals surface area contributed by atoms with E-state index in [1.807, 2.05) is 6.92 Å². The Morgan fingerprint density at radius 3 is 2.43 bits per heavy atom. The molecule has 2 N–H and O–H groups in total. The lowest BCUT2D eigenvalue weighted by atomic mass is 10.2. The Hall–Kier alpha value is -3.55. The highest BCUT2D eigenvalue weighted by atomic mass is 16.5. The number of hydrazone groups is 1. The number of nitrogens with zero attached hydrogens (tertiary/aromatic N) is 1. The number of carbonyl (C=O) groups is 2. The minimum atomic E-state index is -0.539. The molecule has 0 aliphatic carbocycles. The summed E-state index contributed by atoms with van der Waals surface area (Å²) in [6.45, 7) is 2.32. The Morgan fingerprint density at radius 1 is 1.04 bits per heavy atom. The van der Waals surface area contributed by atoms with Gasteiger partial charge in [-0.3, -0.25) is 9.59 Å². The van der Waals surface area contributed by atoms with Gasteiger partial charge < -0.3 is 19.5 Å². The Morgan fingerprint density at radius 2 is 1.79 bits per heavy atom. The highest BCUT2D eigenvalue weighted by molar-refractivity contribution is 6.03. The van der Waals surface area contributed by atoms with Gasteiger partial charge >= 0.3 is 0 Å². The van der Waals surface area contributed by atoms with Crippen molar-refractivity contribution in [2.24, 2.45) is 5.10 Å². The summed E-state index contributed by atoms with van der Waals surface area (Å²) in [5.41, 5.74) is 3.54. The Kier molecular flexibility index (Phi) is 7.83. The lowest BCUT2D eigenvalue weighted by Gasteiger charge is -2.11. The zero-order chi connectivity index (χ0) is 20.4. The first-order valence-electron chi connectivity index (χ1n) is 8.63. The number of carbonyl (C=O) groups excluding carboxylic acids is 2. The number of anilines is 1. The molecule has 0 fully saturated rings. The molecule has 2 rings (SSSR count). The second kappa shape index (κ2) is 10.6. The van der Waals surface area contributed by atoms with Crippen molar-refractivity contribution < 1.29 is 23.8 Å². The van der Waals surface area contributed by atoms with Crippen LogP contribution in [0.4, 0.5) is 5.69 Å². The van der Waals surface area contributed by atoms with E-state index in [0.717, 1.165) is 0 Å². The molecule has 8 nitrogen and oxygen atoms in total. The van der Waals surface area contributed by atoms with E-state index in [2.05, 4.69) is 15.8 Å². The zero-order valence-corrected chi connectivity index (χ0v) is 16.0. The van der Waals surface area contributed by atoms with Crippen LogP contribution in [0.2, 0.25) is 0 Å². The van der Waals surface area contributed by atoms with Crippen molar-refractivity contribution in [2.45, 2.75) is 13.3 Å². The number of hydrogen-bond acceptors (Lipinski definition) is 6. The van der Waals surface area contributed by atoms with Gasteiger partial charge in [-0.25, -0.2) is 5.43 Å². The number of hydrogen-bond donors (Lipinski definition) is 2. The average molecular weight is 385 g/mol. The second-order valence-electron chi connectivity index (χ2n) is 5.56. The number of ether oxygens (including phenoxy) is 3. The lowest BCUT2D eigenvalue weighted by molar-refractivity contribution is -0.126. The molecule has 2 aromatic carbocycles. The molecule has 28 heavy (non-hydrogen) atoms. The van der Waals surface area contributed by atoms with Crippen LogP contribution in [0, 0.1) is 0 Å². The van der Waals surface area contributed by atoms with Crippen LogP contribution in [-0.4, -0.2) is 38.9 Å². The third kappa shape index (κ3) is 6.01. The van der Waals surface area contributed by atoms with Crippen molar-refractivity contribution in [3.63, 3.8) is 0 Å². The van der Waals surface area contributed by atoms with Crippen LogP contribution < -0.4 is 25.0 Å². The first kappa shape index (κ1) is 20.8. The molecule has 0 bridgehead atoms. The van der Waals surface area contributed by atoms with Crippen molar-refractivity contribution in [1.82, 2.24) is 5.43 Å². The van der Waals surface area contributed by atoms with Crippen LogP contribution in [-0.2, 0) is 9.59 Å². The predicted octanol–water partition coefficient (Wildman–Crippen LogP) is 2.58. The van der Waals surface area contributed by atoms with E-state index in [4.69, 9.17) is 14.2 Å². The van der Waals surface area contributed by atoms with Gasteiger partial charge in [0.05, 0.1) is 27.0 Å². The highest BCUT2D eigenvalue weighted by Gasteiger charge is 2.10. The van der Waals surface area contributed by atoms with Gasteiger partial charge in [-0.05, 0) is 43.3 Å². The van der Waals surface area contributed by atoms with Gasteiger partial charge in [-0.1, -0.05) is 6.07 Å². The summed E-state index contributed by atoms with van der Waals surface area (Å²) in [6.07, 6.45) is 1.08. The normalized spacial score (nSPS) is 10.4. The molecule has 0 unspecified atom stereocenters. The predicted molar refractivity (Wildman–Crippen MR) is 106 cm³/mol. The summed E-state index contributed by atoms with van der Waals surface area (Å²) in [5, 5.41) is 6.52. The Bertz CT molecular complexity index is 834. The van der Waals surface area contributed by atoms with Crippen molar-refractivity contribution in [3.8, 4) is 17.2 Å². The first-order chi connectivity index (χ1) is 13.6. The number of benzene rings is 2. The molecular weight excluding hydrogens is 362 g/mol. The topological polar surface area (TPSA) is 98.2 Å². The first-order valence-corrected chi connectivity index (χ1v) is 8.63. The Labute approximate surface area is 163 Å². The molecule has 148 valence electrons. The van der Waals surface area contributed by atoms with Crippen LogP contribution in [0.1, 0.15) is 18.9 Å². The molecule has 2 amide bonds.